The van der Waals surface area contributed by atoms with E-state index >= 15 is 0 Å². The molecule has 3 fully saturated rings. The Morgan fingerprint density at radius 3 is 2.83 bits per heavy atom. The maximum absolute atomic E-state index is 5.88. The van der Waals surface area contributed by atoms with Crippen LogP contribution in [0.4, 0.5) is 0 Å². The van der Waals surface area contributed by atoms with Gasteiger partial charge in [0.2, 0.25) is 0 Å². The van der Waals surface area contributed by atoms with Crippen molar-refractivity contribution in [1.29, 1.82) is 0 Å². The van der Waals surface area contributed by atoms with Gasteiger partial charge in [0.15, 0.2) is 5.96 Å². The largest absolute Gasteiger partial charge is 0.377 e. The molecule has 3 aliphatic rings. The van der Waals surface area contributed by atoms with Crippen molar-refractivity contribution in [3.05, 3.63) is 35.9 Å². The lowest BCUT2D eigenvalue weighted by Crippen LogP contribution is -2.68. The molecule has 1 aromatic rings. The van der Waals surface area contributed by atoms with Gasteiger partial charge in [-0.1, -0.05) is 44.2 Å². The highest BCUT2D eigenvalue weighted by atomic mass is 16.5. The van der Waals surface area contributed by atoms with Crippen molar-refractivity contribution >= 4 is 5.96 Å². The molecular formula is C20H29N3O. The molecule has 5 unspecified atom stereocenters. The third-order valence-corrected chi connectivity index (χ3v) is 6.30. The van der Waals surface area contributed by atoms with Crippen molar-refractivity contribution in [3.8, 4) is 0 Å². The van der Waals surface area contributed by atoms with E-state index in [9.17, 15) is 0 Å². The van der Waals surface area contributed by atoms with Gasteiger partial charge in [0.05, 0.1) is 6.10 Å². The van der Waals surface area contributed by atoms with E-state index in [4.69, 9.17) is 4.74 Å². The van der Waals surface area contributed by atoms with E-state index in [0.29, 0.717) is 24.0 Å². The van der Waals surface area contributed by atoms with Gasteiger partial charge < -0.3 is 15.4 Å². The molecule has 2 aliphatic carbocycles. The maximum Gasteiger partial charge on any atom is 0.191 e. The summed E-state index contributed by atoms with van der Waals surface area (Å²) < 4.78 is 5.88. The molecule has 24 heavy (non-hydrogen) atoms. The van der Waals surface area contributed by atoms with E-state index < -0.39 is 0 Å². The van der Waals surface area contributed by atoms with Gasteiger partial charge in [-0.05, 0) is 30.2 Å². The number of guanidine groups is 1. The van der Waals surface area contributed by atoms with Gasteiger partial charge >= 0.3 is 0 Å². The number of ether oxygens (including phenoxy) is 1. The second-order valence-electron chi connectivity index (χ2n) is 8.15. The number of aliphatic imine (C=N–C) groups is 1. The van der Waals surface area contributed by atoms with Crippen molar-refractivity contribution in [2.45, 2.75) is 44.8 Å². The molecule has 0 amide bonds. The highest BCUT2D eigenvalue weighted by Crippen LogP contribution is 2.52. The van der Waals surface area contributed by atoms with Crippen molar-refractivity contribution in [2.75, 3.05) is 20.2 Å². The second-order valence-corrected chi connectivity index (χ2v) is 8.15. The number of nitrogens with one attached hydrogen (secondary N) is 2. The van der Waals surface area contributed by atoms with Crippen LogP contribution in [0.5, 0.6) is 0 Å². The molecule has 1 aromatic carbocycles. The molecule has 0 radical (unpaired) electrons. The molecule has 4 rings (SSSR count). The Labute approximate surface area is 145 Å². The third kappa shape index (κ3) is 2.71. The summed E-state index contributed by atoms with van der Waals surface area (Å²) in [6.45, 7) is 6.51. The molecule has 1 aliphatic heterocycles. The summed E-state index contributed by atoms with van der Waals surface area (Å²) in [6.07, 6.45) is 2.86. The summed E-state index contributed by atoms with van der Waals surface area (Å²) in [5.74, 6) is 3.01. The summed E-state index contributed by atoms with van der Waals surface area (Å²) >= 11 is 0. The fraction of sp³-hybridized carbons (Fsp3) is 0.650. The predicted octanol–water partition coefficient (Wildman–Crippen LogP) is 2.77. The van der Waals surface area contributed by atoms with Crippen LogP contribution in [0.1, 0.15) is 38.2 Å². The summed E-state index contributed by atoms with van der Waals surface area (Å²) in [7, 11) is 1.87. The lowest BCUT2D eigenvalue weighted by molar-refractivity contribution is -0.106. The van der Waals surface area contributed by atoms with Crippen LogP contribution in [0.25, 0.3) is 0 Å². The Balaban J connectivity index is 1.29. The average Bonchev–Trinajstić information content (AvgIpc) is 3.23. The van der Waals surface area contributed by atoms with Crippen LogP contribution in [0.2, 0.25) is 0 Å². The molecule has 0 aromatic heterocycles. The predicted molar refractivity (Wildman–Crippen MR) is 97.2 cm³/mol. The molecule has 130 valence electrons. The number of benzene rings is 1. The van der Waals surface area contributed by atoms with Crippen molar-refractivity contribution in [3.63, 3.8) is 0 Å². The zero-order valence-corrected chi connectivity index (χ0v) is 15.0. The Kier molecular flexibility index (Phi) is 4.03. The molecule has 4 heteroatoms. The lowest BCUT2D eigenvalue weighted by Gasteiger charge is -2.54. The Morgan fingerprint density at radius 2 is 2.08 bits per heavy atom. The van der Waals surface area contributed by atoms with E-state index in [2.05, 4.69) is 59.8 Å². The van der Waals surface area contributed by atoms with Crippen LogP contribution in [-0.4, -0.2) is 38.3 Å². The standard InChI is InChI=1S/C20H29N3O/c1-20(2)17(15-9-10-24-18(15)20)23-19(21-3)22-12-14-11-16(14)13-7-5-4-6-8-13/h4-8,14-18H,9-12H2,1-3H3,(H2,21,22,23). The number of rotatable bonds is 4. The summed E-state index contributed by atoms with van der Waals surface area (Å²) in [5, 5.41) is 7.21. The Bertz CT molecular complexity index is 613. The topological polar surface area (TPSA) is 45.7 Å². The first kappa shape index (κ1) is 15.9. The number of hydrogen-bond donors (Lipinski definition) is 2. The minimum absolute atomic E-state index is 0.185. The first-order chi connectivity index (χ1) is 11.6. The van der Waals surface area contributed by atoms with Crippen molar-refractivity contribution in [1.82, 2.24) is 10.6 Å². The number of hydrogen-bond acceptors (Lipinski definition) is 2. The van der Waals surface area contributed by atoms with E-state index in [1.807, 2.05) is 7.05 Å². The molecule has 4 nitrogen and oxygen atoms in total. The second kappa shape index (κ2) is 6.07. The van der Waals surface area contributed by atoms with Crippen LogP contribution < -0.4 is 10.6 Å². The van der Waals surface area contributed by atoms with Crippen LogP contribution in [0, 0.1) is 17.3 Å². The zero-order chi connectivity index (χ0) is 16.7. The Morgan fingerprint density at radius 1 is 1.29 bits per heavy atom. The van der Waals surface area contributed by atoms with E-state index in [-0.39, 0.29) is 5.41 Å². The fourth-order valence-corrected chi connectivity index (χ4v) is 4.77. The highest BCUT2D eigenvalue weighted by molar-refractivity contribution is 5.80. The SMILES string of the molecule is CN=C(NCC1CC1c1ccccc1)NC1C2CCOC2C1(C)C. The van der Waals surface area contributed by atoms with Crippen LogP contribution in [0.3, 0.4) is 0 Å². The molecule has 2 N–H and O–H groups in total. The van der Waals surface area contributed by atoms with Crippen molar-refractivity contribution in [2.24, 2.45) is 22.2 Å². The summed E-state index contributed by atoms with van der Waals surface area (Å²) in [5.41, 5.74) is 1.66. The molecule has 0 bridgehead atoms. The van der Waals surface area contributed by atoms with E-state index in [1.54, 1.807) is 0 Å². The van der Waals surface area contributed by atoms with Crippen LogP contribution in [0.15, 0.2) is 35.3 Å². The van der Waals surface area contributed by atoms with E-state index in [1.165, 1.54) is 18.4 Å². The van der Waals surface area contributed by atoms with E-state index in [0.717, 1.165) is 25.0 Å². The summed E-state index contributed by atoms with van der Waals surface area (Å²) in [6, 6.07) is 11.3. The molecule has 2 saturated carbocycles. The van der Waals surface area contributed by atoms with Gasteiger partial charge in [0.1, 0.15) is 0 Å². The van der Waals surface area contributed by atoms with Gasteiger partial charge in [-0.3, -0.25) is 4.99 Å². The van der Waals surface area contributed by atoms with Gasteiger partial charge in [-0.15, -0.1) is 0 Å². The smallest absolute Gasteiger partial charge is 0.191 e. The quantitative estimate of drug-likeness (QED) is 0.660. The zero-order valence-electron chi connectivity index (χ0n) is 15.0. The fourth-order valence-electron chi connectivity index (χ4n) is 4.77. The lowest BCUT2D eigenvalue weighted by atomic mass is 9.57. The maximum atomic E-state index is 5.88. The van der Waals surface area contributed by atoms with Gasteiger partial charge in [0.25, 0.3) is 0 Å². The van der Waals surface area contributed by atoms with Crippen molar-refractivity contribution < 1.29 is 4.74 Å². The molecule has 0 spiro atoms. The first-order valence-electron chi connectivity index (χ1n) is 9.25. The summed E-state index contributed by atoms with van der Waals surface area (Å²) in [4.78, 5) is 4.44. The molecular weight excluding hydrogens is 298 g/mol. The molecule has 5 atom stereocenters. The minimum Gasteiger partial charge on any atom is -0.377 e. The van der Waals surface area contributed by atoms with Crippen LogP contribution in [-0.2, 0) is 4.74 Å². The first-order valence-corrected chi connectivity index (χ1v) is 9.25. The van der Waals surface area contributed by atoms with Gasteiger partial charge in [-0.25, -0.2) is 0 Å². The minimum atomic E-state index is 0.185. The number of fused-ring (bicyclic) bond motifs is 1. The van der Waals surface area contributed by atoms with Gasteiger partial charge in [-0.2, -0.15) is 0 Å². The number of nitrogens with zero attached hydrogens (tertiary/aromatic N) is 1. The molecule has 1 saturated heterocycles. The monoisotopic (exact) mass is 327 g/mol. The van der Waals surface area contributed by atoms with Crippen LogP contribution >= 0.6 is 0 Å². The average molecular weight is 327 g/mol. The molecule has 1 heterocycles. The normalized spacial score (nSPS) is 36.6. The van der Waals surface area contributed by atoms with Gasteiger partial charge in [0, 0.05) is 37.6 Å². The highest BCUT2D eigenvalue weighted by Gasteiger charge is 2.59. The third-order valence-electron chi connectivity index (χ3n) is 6.30. The Hall–Kier alpha value is -1.55.